The van der Waals surface area contributed by atoms with Crippen LogP contribution in [0.2, 0.25) is 0 Å². The van der Waals surface area contributed by atoms with Gasteiger partial charge in [0.15, 0.2) is 0 Å². The van der Waals surface area contributed by atoms with Crippen molar-refractivity contribution < 1.29 is 0 Å². The molecule has 13 heavy (non-hydrogen) atoms. The Labute approximate surface area is 80.4 Å². The van der Waals surface area contributed by atoms with Gasteiger partial charge in [0, 0.05) is 18.4 Å². The zero-order valence-electron chi connectivity index (χ0n) is 8.62. The second kappa shape index (κ2) is 4.97. The molecule has 2 heteroatoms. The van der Waals surface area contributed by atoms with Gasteiger partial charge in [-0.1, -0.05) is 19.9 Å². The molecule has 0 aliphatic rings. The number of rotatable bonds is 4. The summed E-state index contributed by atoms with van der Waals surface area (Å²) in [7, 11) is 0. The van der Waals surface area contributed by atoms with Gasteiger partial charge < -0.3 is 5.32 Å². The lowest BCUT2D eigenvalue weighted by Crippen LogP contribution is -2.23. The van der Waals surface area contributed by atoms with Crippen molar-refractivity contribution in [3.05, 3.63) is 30.1 Å². The highest BCUT2D eigenvalue weighted by Crippen LogP contribution is 2.09. The van der Waals surface area contributed by atoms with E-state index in [0.717, 1.165) is 6.54 Å². The topological polar surface area (TPSA) is 24.9 Å². The van der Waals surface area contributed by atoms with Crippen LogP contribution in [0.1, 0.15) is 32.4 Å². The minimum absolute atomic E-state index is 0.399. The number of pyridine rings is 1. The van der Waals surface area contributed by atoms with Crippen LogP contribution in [0.25, 0.3) is 0 Å². The summed E-state index contributed by atoms with van der Waals surface area (Å²) in [4.78, 5) is 4.09. The monoisotopic (exact) mass is 178 g/mol. The Hall–Kier alpha value is -0.890. The number of hydrogen-bond acceptors (Lipinski definition) is 2. The number of hydrogen-bond donors (Lipinski definition) is 1. The lowest BCUT2D eigenvalue weighted by atomic mass is 10.1. The Morgan fingerprint density at radius 2 is 2.15 bits per heavy atom. The Kier molecular flexibility index (Phi) is 3.90. The first-order chi connectivity index (χ1) is 6.20. The van der Waals surface area contributed by atoms with Crippen molar-refractivity contribution in [2.75, 3.05) is 6.54 Å². The molecule has 0 spiro atoms. The summed E-state index contributed by atoms with van der Waals surface area (Å²) >= 11 is 0. The summed E-state index contributed by atoms with van der Waals surface area (Å²) in [6, 6.07) is 4.48. The molecule has 1 atom stereocenters. The molecule has 0 bridgehead atoms. The summed E-state index contributed by atoms with van der Waals surface area (Å²) in [5.41, 5.74) is 1.25. The molecule has 0 aliphatic heterocycles. The third-order valence-corrected chi connectivity index (χ3v) is 2.02. The van der Waals surface area contributed by atoms with Gasteiger partial charge in [-0.05, 0) is 31.0 Å². The van der Waals surface area contributed by atoms with E-state index in [9.17, 15) is 0 Å². The van der Waals surface area contributed by atoms with Crippen LogP contribution >= 0.6 is 0 Å². The molecular weight excluding hydrogens is 160 g/mol. The van der Waals surface area contributed by atoms with Gasteiger partial charge in [0.25, 0.3) is 0 Å². The molecule has 1 heterocycles. The van der Waals surface area contributed by atoms with E-state index in [2.05, 4.69) is 37.1 Å². The molecule has 2 nitrogen and oxygen atoms in total. The Bertz CT molecular complexity index is 231. The largest absolute Gasteiger partial charge is 0.310 e. The second-order valence-corrected chi connectivity index (χ2v) is 3.81. The van der Waals surface area contributed by atoms with Crippen molar-refractivity contribution in [1.82, 2.24) is 10.3 Å². The van der Waals surface area contributed by atoms with Gasteiger partial charge in [0.2, 0.25) is 0 Å². The summed E-state index contributed by atoms with van der Waals surface area (Å²) in [5.74, 6) is 0.694. The van der Waals surface area contributed by atoms with E-state index < -0.39 is 0 Å². The van der Waals surface area contributed by atoms with Gasteiger partial charge in [-0.2, -0.15) is 0 Å². The van der Waals surface area contributed by atoms with Crippen molar-refractivity contribution in [3.8, 4) is 0 Å². The van der Waals surface area contributed by atoms with E-state index in [4.69, 9.17) is 0 Å². The highest BCUT2D eigenvalue weighted by molar-refractivity contribution is 5.12. The van der Waals surface area contributed by atoms with E-state index in [0.29, 0.717) is 12.0 Å². The van der Waals surface area contributed by atoms with Crippen LogP contribution in [0.3, 0.4) is 0 Å². The molecule has 0 unspecified atom stereocenters. The van der Waals surface area contributed by atoms with E-state index in [1.807, 2.05) is 12.3 Å². The molecule has 0 saturated heterocycles. The molecule has 0 amide bonds. The van der Waals surface area contributed by atoms with Gasteiger partial charge in [-0.25, -0.2) is 0 Å². The third kappa shape index (κ3) is 3.55. The molecule has 1 rings (SSSR count). The van der Waals surface area contributed by atoms with Crippen LogP contribution in [-0.2, 0) is 0 Å². The number of nitrogens with zero attached hydrogens (tertiary/aromatic N) is 1. The van der Waals surface area contributed by atoms with Crippen LogP contribution in [0.5, 0.6) is 0 Å². The molecule has 1 N–H and O–H groups in total. The lowest BCUT2D eigenvalue weighted by molar-refractivity contribution is 0.495. The van der Waals surface area contributed by atoms with Crippen molar-refractivity contribution >= 4 is 0 Å². The standard InChI is InChI=1S/C11H18N2/c1-9(2)7-13-10(3)11-5-4-6-12-8-11/h4-6,8-10,13H,7H2,1-3H3/t10-/m0/s1. The predicted molar refractivity (Wildman–Crippen MR) is 55.5 cm³/mol. The second-order valence-electron chi connectivity index (χ2n) is 3.81. The van der Waals surface area contributed by atoms with Gasteiger partial charge in [0.1, 0.15) is 0 Å². The maximum Gasteiger partial charge on any atom is 0.0315 e. The quantitative estimate of drug-likeness (QED) is 0.765. The zero-order chi connectivity index (χ0) is 9.68. The van der Waals surface area contributed by atoms with E-state index in [1.165, 1.54) is 5.56 Å². The first kappa shape index (κ1) is 10.2. The first-order valence-electron chi connectivity index (χ1n) is 4.83. The molecule has 0 radical (unpaired) electrons. The minimum atomic E-state index is 0.399. The van der Waals surface area contributed by atoms with Gasteiger partial charge in [0.05, 0.1) is 0 Å². The van der Waals surface area contributed by atoms with Gasteiger partial charge >= 0.3 is 0 Å². The fourth-order valence-electron chi connectivity index (χ4n) is 1.16. The summed E-state index contributed by atoms with van der Waals surface area (Å²) < 4.78 is 0. The predicted octanol–water partition coefficient (Wildman–Crippen LogP) is 2.39. The Balaban J connectivity index is 2.44. The van der Waals surface area contributed by atoms with Crippen LogP contribution < -0.4 is 5.32 Å². The fourth-order valence-corrected chi connectivity index (χ4v) is 1.16. The van der Waals surface area contributed by atoms with E-state index >= 15 is 0 Å². The summed E-state index contributed by atoms with van der Waals surface area (Å²) in [5, 5.41) is 3.46. The van der Waals surface area contributed by atoms with Crippen LogP contribution in [0.4, 0.5) is 0 Å². The van der Waals surface area contributed by atoms with Crippen LogP contribution in [0.15, 0.2) is 24.5 Å². The average molecular weight is 178 g/mol. The van der Waals surface area contributed by atoms with Crippen molar-refractivity contribution in [1.29, 1.82) is 0 Å². The van der Waals surface area contributed by atoms with E-state index in [1.54, 1.807) is 6.20 Å². The van der Waals surface area contributed by atoms with Crippen molar-refractivity contribution in [3.63, 3.8) is 0 Å². The molecule has 0 aromatic carbocycles. The molecule has 0 aliphatic carbocycles. The van der Waals surface area contributed by atoms with Crippen LogP contribution in [0, 0.1) is 5.92 Å². The summed E-state index contributed by atoms with van der Waals surface area (Å²) in [6.07, 6.45) is 3.72. The first-order valence-corrected chi connectivity index (χ1v) is 4.83. The lowest BCUT2D eigenvalue weighted by Gasteiger charge is -2.15. The number of nitrogens with one attached hydrogen (secondary N) is 1. The van der Waals surface area contributed by atoms with Crippen LogP contribution in [-0.4, -0.2) is 11.5 Å². The number of aromatic nitrogens is 1. The van der Waals surface area contributed by atoms with Crippen molar-refractivity contribution in [2.24, 2.45) is 5.92 Å². The zero-order valence-corrected chi connectivity index (χ0v) is 8.62. The highest BCUT2D eigenvalue weighted by Gasteiger charge is 2.04. The van der Waals surface area contributed by atoms with E-state index in [-0.39, 0.29) is 0 Å². The smallest absolute Gasteiger partial charge is 0.0315 e. The Morgan fingerprint density at radius 1 is 1.38 bits per heavy atom. The molecule has 1 aromatic rings. The molecular formula is C11H18N2. The van der Waals surface area contributed by atoms with Gasteiger partial charge in [-0.15, -0.1) is 0 Å². The Morgan fingerprint density at radius 3 is 2.69 bits per heavy atom. The molecule has 1 aromatic heterocycles. The maximum absolute atomic E-state index is 4.09. The third-order valence-electron chi connectivity index (χ3n) is 2.02. The fraction of sp³-hybridized carbons (Fsp3) is 0.545. The van der Waals surface area contributed by atoms with Gasteiger partial charge in [-0.3, -0.25) is 4.98 Å². The molecule has 72 valence electrons. The molecule has 0 fully saturated rings. The minimum Gasteiger partial charge on any atom is -0.310 e. The van der Waals surface area contributed by atoms with Crippen molar-refractivity contribution in [2.45, 2.75) is 26.8 Å². The highest BCUT2D eigenvalue weighted by atomic mass is 14.9. The SMILES string of the molecule is CC(C)CN[C@@H](C)c1cccnc1. The normalized spacial score (nSPS) is 13.2. The summed E-state index contributed by atoms with van der Waals surface area (Å²) in [6.45, 7) is 7.64. The molecule has 0 saturated carbocycles. The maximum atomic E-state index is 4.09. The average Bonchev–Trinajstić information content (AvgIpc) is 2.15.